The Kier molecular flexibility index (Phi) is 5.77. The maximum atomic E-state index is 11.8. The molecular formula is C13H17N3O5. The van der Waals surface area contributed by atoms with E-state index < -0.39 is 15.5 Å². The molecule has 0 unspecified atom stereocenters. The maximum absolute atomic E-state index is 11.8. The molecule has 0 fully saturated rings. The summed E-state index contributed by atoms with van der Waals surface area (Å²) in [4.78, 5) is 32.0. The van der Waals surface area contributed by atoms with Crippen molar-refractivity contribution in [2.45, 2.75) is 39.2 Å². The third kappa shape index (κ3) is 4.83. The van der Waals surface area contributed by atoms with Gasteiger partial charge in [-0.05, 0) is 19.4 Å². The molecule has 8 nitrogen and oxygen atoms in total. The van der Waals surface area contributed by atoms with Gasteiger partial charge in [-0.3, -0.25) is 25.0 Å². The number of nitro benzene ring substituents is 2. The minimum Gasteiger partial charge on any atom is -0.353 e. The smallest absolute Gasteiger partial charge is 0.279 e. The molecule has 0 aliphatic rings. The fourth-order valence-electron chi connectivity index (χ4n) is 1.99. The second-order valence-electron chi connectivity index (χ2n) is 4.76. The highest BCUT2D eigenvalue weighted by atomic mass is 16.6. The quantitative estimate of drug-likeness (QED) is 0.612. The van der Waals surface area contributed by atoms with Crippen LogP contribution in [0.5, 0.6) is 0 Å². The van der Waals surface area contributed by atoms with E-state index in [0.29, 0.717) is 0 Å². The van der Waals surface area contributed by atoms with Crippen LogP contribution in [0.15, 0.2) is 18.2 Å². The van der Waals surface area contributed by atoms with Crippen molar-refractivity contribution in [3.8, 4) is 0 Å². The molecule has 0 spiro atoms. The Bertz CT molecular complexity index is 559. The van der Waals surface area contributed by atoms with Gasteiger partial charge in [-0.15, -0.1) is 0 Å². The third-order valence-electron chi connectivity index (χ3n) is 2.96. The Morgan fingerprint density at radius 3 is 2.48 bits per heavy atom. The van der Waals surface area contributed by atoms with Crippen LogP contribution in [-0.4, -0.2) is 21.8 Å². The molecule has 0 heterocycles. The van der Waals surface area contributed by atoms with Crippen molar-refractivity contribution in [3.63, 3.8) is 0 Å². The summed E-state index contributed by atoms with van der Waals surface area (Å²) in [7, 11) is 0. The highest BCUT2D eigenvalue weighted by Crippen LogP contribution is 2.25. The Labute approximate surface area is 121 Å². The van der Waals surface area contributed by atoms with E-state index in [1.54, 1.807) is 0 Å². The molecule has 1 aromatic carbocycles. The standard InChI is InChI=1S/C13H17N3O5/c1-3-4-9(2)14-13(17)7-10-5-6-11(15(18)19)8-12(10)16(20)21/h5-6,8-9H,3-4,7H2,1-2H3,(H,14,17)/t9-/m1/s1. The number of benzene rings is 1. The average Bonchev–Trinajstić information content (AvgIpc) is 2.38. The molecule has 114 valence electrons. The van der Waals surface area contributed by atoms with Gasteiger partial charge in [0, 0.05) is 17.7 Å². The van der Waals surface area contributed by atoms with Gasteiger partial charge in [-0.25, -0.2) is 0 Å². The first-order valence-electron chi connectivity index (χ1n) is 6.56. The van der Waals surface area contributed by atoms with Crippen molar-refractivity contribution >= 4 is 17.3 Å². The Balaban J connectivity index is 2.90. The van der Waals surface area contributed by atoms with Crippen molar-refractivity contribution in [1.29, 1.82) is 0 Å². The minimum atomic E-state index is -0.717. The fourth-order valence-corrected chi connectivity index (χ4v) is 1.99. The molecule has 21 heavy (non-hydrogen) atoms. The highest BCUT2D eigenvalue weighted by Gasteiger charge is 2.21. The van der Waals surface area contributed by atoms with Gasteiger partial charge in [0.25, 0.3) is 11.4 Å². The number of nitrogens with one attached hydrogen (secondary N) is 1. The summed E-state index contributed by atoms with van der Waals surface area (Å²) in [5.74, 6) is -0.340. The van der Waals surface area contributed by atoms with Crippen molar-refractivity contribution < 1.29 is 14.6 Å². The van der Waals surface area contributed by atoms with Crippen LogP contribution >= 0.6 is 0 Å². The molecule has 0 bridgehead atoms. The molecule has 1 N–H and O–H groups in total. The highest BCUT2D eigenvalue weighted by molar-refractivity contribution is 5.80. The molecule has 1 rings (SSSR count). The molecule has 0 saturated carbocycles. The van der Waals surface area contributed by atoms with Gasteiger partial charge in [-0.2, -0.15) is 0 Å². The first-order chi connectivity index (χ1) is 9.85. The van der Waals surface area contributed by atoms with E-state index >= 15 is 0 Å². The number of hydrogen-bond acceptors (Lipinski definition) is 5. The second-order valence-corrected chi connectivity index (χ2v) is 4.76. The molecule has 1 aromatic rings. The van der Waals surface area contributed by atoms with Gasteiger partial charge >= 0.3 is 0 Å². The second kappa shape index (κ2) is 7.32. The Hall–Kier alpha value is -2.51. The van der Waals surface area contributed by atoms with Gasteiger partial charge in [0.1, 0.15) is 0 Å². The predicted octanol–water partition coefficient (Wildman–Crippen LogP) is 2.35. The Morgan fingerprint density at radius 2 is 1.95 bits per heavy atom. The van der Waals surface area contributed by atoms with Crippen molar-refractivity contribution in [3.05, 3.63) is 44.0 Å². The summed E-state index contributed by atoms with van der Waals surface area (Å²) < 4.78 is 0. The minimum absolute atomic E-state index is 0.0143. The van der Waals surface area contributed by atoms with Crippen LogP contribution in [0.3, 0.4) is 0 Å². The molecule has 0 aliphatic carbocycles. The number of carbonyl (C=O) groups excluding carboxylic acids is 1. The van der Waals surface area contributed by atoms with E-state index in [0.717, 1.165) is 25.0 Å². The number of carbonyl (C=O) groups is 1. The molecule has 0 aliphatic heterocycles. The predicted molar refractivity (Wildman–Crippen MR) is 76.0 cm³/mol. The SMILES string of the molecule is CCC[C@@H](C)NC(=O)Cc1ccc([N+](=O)[O-])cc1[N+](=O)[O-]. The summed E-state index contributed by atoms with van der Waals surface area (Å²) in [5, 5.41) is 24.3. The van der Waals surface area contributed by atoms with E-state index in [1.807, 2.05) is 13.8 Å². The zero-order chi connectivity index (χ0) is 16.0. The van der Waals surface area contributed by atoms with Crippen LogP contribution in [0.2, 0.25) is 0 Å². The number of non-ortho nitro benzene ring substituents is 1. The number of nitro groups is 2. The van der Waals surface area contributed by atoms with Crippen LogP contribution < -0.4 is 5.32 Å². The van der Waals surface area contributed by atoms with Crippen LogP contribution in [0.4, 0.5) is 11.4 Å². The van der Waals surface area contributed by atoms with Crippen LogP contribution in [0, 0.1) is 20.2 Å². The lowest BCUT2D eigenvalue weighted by Crippen LogP contribution is -2.33. The first kappa shape index (κ1) is 16.5. The monoisotopic (exact) mass is 295 g/mol. The molecule has 0 saturated heterocycles. The summed E-state index contributed by atoms with van der Waals surface area (Å²) in [6, 6.07) is 3.27. The molecule has 0 radical (unpaired) electrons. The van der Waals surface area contributed by atoms with Gasteiger partial charge in [-0.1, -0.05) is 13.3 Å². The molecule has 1 amide bonds. The number of rotatable bonds is 7. The van der Waals surface area contributed by atoms with Crippen LogP contribution in [-0.2, 0) is 11.2 Å². The molecular weight excluding hydrogens is 278 g/mol. The number of hydrogen-bond donors (Lipinski definition) is 1. The number of amides is 1. The first-order valence-corrected chi connectivity index (χ1v) is 6.56. The van der Waals surface area contributed by atoms with E-state index in [4.69, 9.17) is 0 Å². The maximum Gasteiger partial charge on any atom is 0.279 e. The zero-order valence-electron chi connectivity index (χ0n) is 11.9. The van der Waals surface area contributed by atoms with E-state index in [9.17, 15) is 25.0 Å². The van der Waals surface area contributed by atoms with Gasteiger partial charge in [0.05, 0.1) is 22.3 Å². The van der Waals surface area contributed by atoms with Crippen LogP contribution in [0.25, 0.3) is 0 Å². The summed E-state index contributed by atoms with van der Waals surface area (Å²) in [6.45, 7) is 3.84. The van der Waals surface area contributed by atoms with E-state index in [1.165, 1.54) is 6.07 Å². The lowest BCUT2D eigenvalue weighted by atomic mass is 10.1. The average molecular weight is 295 g/mol. The van der Waals surface area contributed by atoms with Crippen LogP contribution in [0.1, 0.15) is 32.3 Å². The zero-order valence-corrected chi connectivity index (χ0v) is 11.9. The normalized spacial score (nSPS) is 11.7. The van der Waals surface area contributed by atoms with Crippen molar-refractivity contribution in [2.75, 3.05) is 0 Å². The van der Waals surface area contributed by atoms with E-state index in [2.05, 4.69) is 5.32 Å². The van der Waals surface area contributed by atoms with E-state index in [-0.39, 0.29) is 29.6 Å². The van der Waals surface area contributed by atoms with Crippen molar-refractivity contribution in [1.82, 2.24) is 5.32 Å². The van der Waals surface area contributed by atoms with Gasteiger partial charge < -0.3 is 5.32 Å². The summed E-state index contributed by atoms with van der Waals surface area (Å²) in [5.41, 5.74) is -0.625. The molecule has 8 heteroatoms. The Morgan fingerprint density at radius 1 is 1.29 bits per heavy atom. The number of nitrogens with zero attached hydrogens (tertiary/aromatic N) is 2. The summed E-state index contributed by atoms with van der Waals surface area (Å²) in [6.07, 6.45) is 1.55. The lowest BCUT2D eigenvalue weighted by molar-refractivity contribution is -0.394. The van der Waals surface area contributed by atoms with Gasteiger partial charge in [0.15, 0.2) is 0 Å². The molecule has 1 atom stereocenters. The van der Waals surface area contributed by atoms with Crippen molar-refractivity contribution in [2.24, 2.45) is 0 Å². The summed E-state index contributed by atoms with van der Waals surface area (Å²) >= 11 is 0. The lowest BCUT2D eigenvalue weighted by Gasteiger charge is -2.12. The molecule has 0 aromatic heterocycles. The largest absolute Gasteiger partial charge is 0.353 e. The fraction of sp³-hybridized carbons (Fsp3) is 0.462. The third-order valence-corrected chi connectivity index (χ3v) is 2.96. The van der Waals surface area contributed by atoms with Gasteiger partial charge in [0.2, 0.25) is 5.91 Å². The topological polar surface area (TPSA) is 115 Å².